The van der Waals surface area contributed by atoms with E-state index in [-0.39, 0.29) is 37.3 Å². The number of amides is 1. The molecule has 0 saturated carbocycles. The molecule has 7 heteroatoms. The molecule has 0 atom stereocenters. The zero-order valence-electron chi connectivity index (χ0n) is 10.3. The van der Waals surface area contributed by atoms with Gasteiger partial charge in [0.2, 0.25) is 5.91 Å². The molecule has 1 heterocycles. The minimum atomic E-state index is -0.0341. The number of thiazole rings is 1. The minimum absolute atomic E-state index is 0. The van der Waals surface area contributed by atoms with E-state index in [1.165, 1.54) is 23.4 Å². The van der Waals surface area contributed by atoms with Gasteiger partial charge in [0.05, 0.1) is 18.8 Å². The number of nitrogens with zero attached hydrogens (tertiary/aromatic N) is 2. The number of hydrogen-bond acceptors (Lipinski definition) is 4. The number of hydrogen-bond donors (Lipinski definition) is 1. The summed E-state index contributed by atoms with van der Waals surface area (Å²) >= 11 is 1.75. The van der Waals surface area contributed by atoms with E-state index in [0.717, 1.165) is 17.8 Å². The van der Waals surface area contributed by atoms with Crippen LogP contribution < -0.4 is 5.73 Å². The van der Waals surface area contributed by atoms with Crippen molar-refractivity contribution in [2.45, 2.75) is 32.2 Å². The van der Waals surface area contributed by atoms with Gasteiger partial charge in [-0.2, -0.15) is 0 Å². The van der Waals surface area contributed by atoms with Gasteiger partial charge < -0.3 is 10.6 Å². The molecular formula is C11H19Cl2N3OS. The number of carbonyl (C=O) groups is 1. The van der Waals surface area contributed by atoms with Crippen LogP contribution in [0.1, 0.15) is 28.4 Å². The van der Waals surface area contributed by atoms with E-state index in [9.17, 15) is 4.79 Å². The highest BCUT2D eigenvalue weighted by Crippen LogP contribution is 2.27. The van der Waals surface area contributed by atoms with Crippen molar-refractivity contribution in [2.24, 2.45) is 5.73 Å². The van der Waals surface area contributed by atoms with Crippen molar-refractivity contribution in [1.29, 1.82) is 0 Å². The Kier molecular flexibility index (Phi) is 7.78. The Morgan fingerprint density at radius 2 is 2.06 bits per heavy atom. The summed E-state index contributed by atoms with van der Waals surface area (Å²) in [4.78, 5) is 19.0. The van der Waals surface area contributed by atoms with Crippen LogP contribution in [0.5, 0.6) is 0 Å². The van der Waals surface area contributed by atoms with E-state index >= 15 is 0 Å². The molecule has 0 aromatic carbocycles. The van der Waals surface area contributed by atoms with Gasteiger partial charge in [-0.25, -0.2) is 4.98 Å². The third-order valence-electron chi connectivity index (χ3n) is 2.86. The fourth-order valence-electron chi connectivity index (χ4n) is 1.92. The van der Waals surface area contributed by atoms with E-state index in [4.69, 9.17) is 5.73 Å². The lowest BCUT2D eigenvalue weighted by Crippen LogP contribution is -2.32. The smallest absolute Gasteiger partial charge is 0.236 e. The number of likely N-dealkylation sites (N-methyl/N-ethyl adjacent to an activating group) is 1. The SMILES string of the molecule is CN(Cc1nc2c(s1)CCCC2)C(=O)CN.Cl.Cl. The van der Waals surface area contributed by atoms with Gasteiger partial charge in [0.25, 0.3) is 0 Å². The van der Waals surface area contributed by atoms with Crippen molar-refractivity contribution in [3.05, 3.63) is 15.6 Å². The van der Waals surface area contributed by atoms with Crippen LogP contribution in [0.2, 0.25) is 0 Å². The fraction of sp³-hybridized carbons (Fsp3) is 0.636. The molecule has 2 N–H and O–H groups in total. The van der Waals surface area contributed by atoms with Crippen LogP contribution >= 0.6 is 36.2 Å². The van der Waals surface area contributed by atoms with Crippen LogP contribution in [-0.2, 0) is 24.2 Å². The molecule has 104 valence electrons. The first kappa shape index (κ1) is 17.6. The maximum Gasteiger partial charge on any atom is 0.236 e. The molecule has 1 aliphatic rings. The summed E-state index contributed by atoms with van der Waals surface area (Å²) in [5.41, 5.74) is 6.57. The van der Waals surface area contributed by atoms with Crippen LogP contribution in [0.25, 0.3) is 0 Å². The van der Waals surface area contributed by atoms with Gasteiger partial charge in [0.1, 0.15) is 5.01 Å². The second-order valence-electron chi connectivity index (χ2n) is 4.14. The highest BCUT2D eigenvalue weighted by atomic mass is 35.5. The van der Waals surface area contributed by atoms with Crippen LogP contribution in [0.4, 0.5) is 0 Å². The van der Waals surface area contributed by atoms with Gasteiger partial charge in [-0.05, 0) is 25.7 Å². The average Bonchev–Trinajstić information content (AvgIpc) is 2.69. The monoisotopic (exact) mass is 311 g/mol. The second-order valence-corrected chi connectivity index (χ2v) is 5.31. The highest BCUT2D eigenvalue weighted by molar-refractivity contribution is 7.11. The largest absolute Gasteiger partial charge is 0.338 e. The number of halogens is 2. The van der Waals surface area contributed by atoms with Crippen molar-refractivity contribution in [1.82, 2.24) is 9.88 Å². The first-order valence-corrected chi connectivity index (χ1v) is 6.44. The molecular weight excluding hydrogens is 293 g/mol. The van der Waals surface area contributed by atoms with Crippen molar-refractivity contribution >= 4 is 42.1 Å². The molecule has 1 aromatic rings. The number of nitrogens with two attached hydrogens (primary N) is 1. The summed E-state index contributed by atoms with van der Waals surface area (Å²) in [6.45, 7) is 0.662. The van der Waals surface area contributed by atoms with Crippen LogP contribution in [0.15, 0.2) is 0 Å². The van der Waals surface area contributed by atoms with Gasteiger partial charge in [0.15, 0.2) is 0 Å². The summed E-state index contributed by atoms with van der Waals surface area (Å²) in [7, 11) is 1.77. The summed E-state index contributed by atoms with van der Waals surface area (Å²) < 4.78 is 0. The maximum atomic E-state index is 11.3. The lowest BCUT2D eigenvalue weighted by Gasteiger charge is -2.13. The van der Waals surface area contributed by atoms with E-state index < -0.39 is 0 Å². The van der Waals surface area contributed by atoms with Gasteiger partial charge in [-0.3, -0.25) is 4.79 Å². The highest BCUT2D eigenvalue weighted by Gasteiger charge is 2.16. The number of aryl methyl sites for hydroxylation is 2. The maximum absolute atomic E-state index is 11.3. The number of fused-ring (bicyclic) bond motifs is 1. The van der Waals surface area contributed by atoms with Crippen molar-refractivity contribution in [3.63, 3.8) is 0 Å². The van der Waals surface area contributed by atoms with Gasteiger partial charge in [-0.15, -0.1) is 36.2 Å². The first-order valence-electron chi connectivity index (χ1n) is 5.62. The summed E-state index contributed by atoms with van der Waals surface area (Å²) in [5, 5.41) is 1.04. The van der Waals surface area contributed by atoms with Crippen molar-refractivity contribution in [2.75, 3.05) is 13.6 Å². The summed E-state index contributed by atoms with van der Waals surface area (Å²) in [6.07, 6.45) is 4.77. The molecule has 1 amide bonds. The van der Waals surface area contributed by atoms with E-state index in [1.54, 1.807) is 23.3 Å². The zero-order chi connectivity index (χ0) is 11.5. The Hall–Kier alpha value is -0.360. The Balaban J connectivity index is 0.00000144. The third-order valence-corrected chi connectivity index (χ3v) is 4.00. The van der Waals surface area contributed by atoms with Crippen molar-refractivity contribution < 1.29 is 4.79 Å². The summed E-state index contributed by atoms with van der Waals surface area (Å²) in [6, 6.07) is 0. The van der Waals surface area contributed by atoms with Crippen molar-refractivity contribution in [3.8, 4) is 0 Å². The molecule has 1 aromatic heterocycles. The molecule has 0 spiro atoms. The predicted octanol–water partition coefficient (Wildman–Crippen LogP) is 1.78. The molecule has 0 fully saturated rings. The zero-order valence-corrected chi connectivity index (χ0v) is 12.8. The lowest BCUT2D eigenvalue weighted by atomic mass is 10.0. The quantitative estimate of drug-likeness (QED) is 0.925. The van der Waals surface area contributed by atoms with Crippen LogP contribution in [0, 0.1) is 0 Å². The Bertz CT molecular complexity index is 374. The average molecular weight is 312 g/mol. The molecule has 0 unspecified atom stereocenters. The number of aromatic nitrogens is 1. The molecule has 4 nitrogen and oxygen atoms in total. The van der Waals surface area contributed by atoms with Gasteiger partial charge in [-0.1, -0.05) is 0 Å². The Labute approximate surface area is 124 Å². The number of rotatable bonds is 3. The molecule has 1 aliphatic carbocycles. The molecule has 18 heavy (non-hydrogen) atoms. The molecule has 0 aliphatic heterocycles. The fourth-order valence-corrected chi connectivity index (χ4v) is 3.13. The number of carbonyl (C=O) groups excluding carboxylic acids is 1. The van der Waals surface area contributed by atoms with E-state index in [2.05, 4.69) is 4.98 Å². The Morgan fingerprint density at radius 3 is 2.67 bits per heavy atom. The van der Waals surface area contributed by atoms with E-state index in [0.29, 0.717) is 6.54 Å². The molecule has 2 rings (SSSR count). The third kappa shape index (κ3) is 4.09. The van der Waals surface area contributed by atoms with Crippen LogP contribution in [-0.4, -0.2) is 29.4 Å². The first-order chi connectivity index (χ1) is 7.70. The molecule has 0 bridgehead atoms. The topological polar surface area (TPSA) is 59.2 Å². The normalized spacial score (nSPS) is 13.0. The second kappa shape index (κ2) is 7.94. The molecule has 0 saturated heterocycles. The summed E-state index contributed by atoms with van der Waals surface area (Å²) in [5.74, 6) is -0.0341. The standard InChI is InChI=1S/C11H17N3OS.2ClH/c1-14(11(15)6-12)7-10-13-8-4-2-3-5-9(8)16-10;;/h2-7,12H2,1H3;2*1H. The lowest BCUT2D eigenvalue weighted by molar-refractivity contribution is -0.128. The minimum Gasteiger partial charge on any atom is -0.338 e. The van der Waals surface area contributed by atoms with Gasteiger partial charge >= 0.3 is 0 Å². The van der Waals surface area contributed by atoms with Crippen LogP contribution in [0.3, 0.4) is 0 Å². The predicted molar refractivity (Wildman–Crippen MR) is 78.8 cm³/mol. The Morgan fingerprint density at radius 1 is 1.39 bits per heavy atom. The van der Waals surface area contributed by atoms with Gasteiger partial charge in [0, 0.05) is 11.9 Å². The molecule has 0 radical (unpaired) electrons. The van der Waals surface area contributed by atoms with E-state index in [1.807, 2.05) is 0 Å².